The largest absolute Gasteiger partial charge is 0.481 e. The summed E-state index contributed by atoms with van der Waals surface area (Å²) in [5, 5.41) is 4.94. The Morgan fingerprint density at radius 1 is 1.54 bits per heavy atom. The van der Waals surface area contributed by atoms with Gasteiger partial charge in [-0.1, -0.05) is 0 Å². The van der Waals surface area contributed by atoms with Crippen molar-refractivity contribution < 1.29 is 13.2 Å². The van der Waals surface area contributed by atoms with Gasteiger partial charge in [-0.15, -0.1) is 0 Å². The zero-order valence-corrected chi connectivity index (χ0v) is 8.13. The van der Waals surface area contributed by atoms with E-state index < -0.39 is 10.0 Å². The molecule has 2 N–H and O–H groups in total. The van der Waals surface area contributed by atoms with Crippen molar-refractivity contribution in [3.63, 3.8) is 0 Å². The Balaban J connectivity index is 3.29. The van der Waals surface area contributed by atoms with Crippen LogP contribution in [-0.2, 0) is 10.0 Å². The lowest BCUT2D eigenvalue weighted by atomic mass is 10.3. The van der Waals surface area contributed by atoms with Crippen molar-refractivity contribution >= 4 is 10.0 Å². The molecular weight excluding hydrogens is 192 g/mol. The van der Waals surface area contributed by atoms with Gasteiger partial charge in [-0.25, -0.2) is 18.5 Å². The first-order valence-electron chi connectivity index (χ1n) is 3.48. The highest BCUT2D eigenvalue weighted by molar-refractivity contribution is 7.89. The second kappa shape index (κ2) is 3.31. The fourth-order valence-corrected chi connectivity index (χ4v) is 1.63. The van der Waals surface area contributed by atoms with Crippen molar-refractivity contribution in [3.8, 4) is 5.88 Å². The van der Waals surface area contributed by atoms with Gasteiger partial charge in [0.1, 0.15) is 4.90 Å². The summed E-state index contributed by atoms with van der Waals surface area (Å²) >= 11 is 0. The standard InChI is InChI=1S/C7H10N2O3S/c1-5-3-7(12-2)9-4-6(5)13(8,10)11/h3-4H,1-2H3,(H2,8,10,11). The van der Waals surface area contributed by atoms with Gasteiger partial charge >= 0.3 is 0 Å². The molecule has 0 bridgehead atoms. The number of aryl methyl sites for hydroxylation is 1. The SMILES string of the molecule is COc1cc(C)c(S(N)(=O)=O)cn1. The number of rotatable bonds is 2. The molecule has 0 aliphatic rings. The molecule has 0 spiro atoms. The number of sulfonamides is 1. The van der Waals surface area contributed by atoms with Crippen molar-refractivity contribution in [2.45, 2.75) is 11.8 Å². The average Bonchev–Trinajstić information content (AvgIpc) is 2.01. The Kier molecular flexibility index (Phi) is 2.53. The van der Waals surface area contributed by atoms with Crippen LogP contribution in [0.2, 0.25) is 0 Å². The van der Waals surface area contributed by atoms with E-state index in [1.165, 1.54) is 19.4 Å². The predicted octanol–water partition coefficient (Wildman–Crippen LogP) is 0.0460. The predicted molar refractivity (Wildman–Crippen MR) is 46.9 cm³/mol. The van der Waals surface area contributed by atoms with Crippen LogP contribution in [0.4, 0.5) is 0 Å². The Morgan fingerprint density at radius 3 is 2.54 bits per heavy atom. The Morgan fingerprint density at radius 2 is 2.15 bits per heavy atom. The highest BCUT2D eigenvalue weighted by Crippen LogP contribution is 2.16. The van der Waals surface area contributed by atoms with Gasteiger partial charge in [-0.2, -0.15) is 0 Å². The molecule has 0 atom stereocenters. The number of pyridine rings is 1. The van der Waals surface area contributed by atoms with Gasteiger partial charge in [-0.3, -0.25) is 0 Å². The maximum atomic E-state index is 11.0. The summed E-state index contributed by atoms with van der Waals surface area (Å²) in [5.74, 6) is 0.366. The van der Waals surface area contributed by atoms with Crippen LogP contribution < -0.4 is 9.88 Å². The van der Waals surface area contributed by atoms with Crippen LogP contribution in [-0.4, -0.2) is 20.5 Å². The average molecular weight is 202 g/mol. The lowest BCUT2D eigenvalue weighted by Crippen LogP contribution is -2.14. The molecule has 1 aromatic heterocycles. The topological polar surface area (TPSA) is 82.3 Å². The first kappa shape index (κ1) is 9.94. The number of hydrogen-bond acceptors (Lipinski definition) is 4. The number of nitrogens with two attached hydrogens (primary N) is 1. The molecule has 13 heavy (non-hydrogen) atoms. The Hall–Kier alpha value is -1.14. The smallest absolute Gasteiger partial charge is 0.239 e. The van der Waals surface area contributed by atoms with Crippen molar-refractivity contribution in [3.05, 3.63) is 17.8 Å². The van der Waals surface area contributed by atoms with Crippen LogP contribution >= 0.6 is 0 Å². The van der Waals surface area contributed by atoms with Gasteiger partial charge in [0.15, 0.2) is 0 Å². The zero-order valence-electron chi connectivity index (χ0n) is 7.31. The maximum absolute atomic E-state index is 11.0. The van der Waals surface area contributed by atoms with Gasteiger partial charge < -0.3 is 4.74 Å². The third kappa shape index (κ3) is 2.16. The summed E-state index contributed by atoms with van der Waals surface area (Å²) in [4.78, 5) is 3.76. The van der Waals surface area contributed by atoms with Crippen LogP contribution in [0.5, 0.6) is 5.88 Å². The van der Waals surface area contributed by atoms with Crippen LogP contribution in [0.1, 0.15) is 5.56 Å². The number of methoxy groups -OCH3 is 1. The van der Waals surface area contributed by atoms with E-state index in [0.29, 0.717) is 11.4 Å². The molecular formula is C7H10N2O3S. The monoisotopic (exact) mass is 202 g/mol. The molecule has 0 saturated carbocycles. The van der Waals surface area contributed by atoms with Crippen LogP contribution in [0, 0.1) is 6.92 Å². The summed E-state index contributed by atoms with van der Waals surface area (Å²) in [6, 6.07) is 1.51. The second-order valence-electron chi connectivity index (χ2n) is 2.54. The number of primary sulfonamides is 1. The summed E-state index contributed by atoms with van der Waals surface area (Å²) in [7, 11) is -2.22. The van der Waals surface area contributed by atoms with Crippen molar-refractivity contribution in [2.24, 2.45) is 5.14 Å². The molecule has 0 saturated heterocycles. The van der Waals surface area contributed by atoms with Crippen molar-refractivity contribution in [1.82, 2.24) is 4.98 Å². The minimum absolute atomic E-state index is 0.0216. The Labute approximate surface area is 76.6 Å². The van der Waals surface area contributed by atoms with Crippen molar-refractivity contribution in [2.75, 3.05) is 7.11 Å². The van der Waals surface area contributed by atoms with E-state index in [9.17, 15) is 8.42 Å². The minimum Gasteiger partial charge on any atom is -0.481 e. The lowest BCUT2D eigenvalue weighted by molar-refractivity contribution is 0.396. The molecule has 1 rings (SSSR count). The quantitative estimate of drug-likeness (QED) is 0.734. The van der Waals surface area contributed by atoms with E-state index in [1.807, 2.05) is 0 Å². The summed E-state index contributed by atoms with van der Waals surface area (Å²) < 4.78 is 26.7. The summed E-state index contributed by atoms with van der Waals surface area (Å²) in [6.45, 7) is 1.63. The van der Waals surface area contributed by atoms with Gasteiger partial charge in [0.05, 0.1) is 13.3 Å². The van der Waals surface area contributed by atoms with E-state index >= 15 is 0 Å². The molecule has 0 radical (unpaired) electrons. The molecule has 0 aliphatic carbocycles. The molecule has 0 fully saturated rings. The highest BCUT2D eigenvalue weighted by Gasteiger charge is 2.12. The molecule has 72 valence electrons. The highest BCUT2D eigenvalue weighted by atomic mass is 32.2. The van der Waals surface area contributed by atoms with E-state index in [0.717, 1.165) is 0 Å². The third-order valence-electron chi connectivity index (χ3n) is 1.55. The molecule has 0 aromatic carbocycles. The van der Waals surface area contributed by atoms with E-state index in [1.54, 1.807) is 6.92 Å². The van der Waals surface area contributed by atoms with Gasteiger partial charge in [-0.05, 0) is 12.5 Å². The molecule has 1 heterocycles. The van der Waals surface area contributed by atoms with Gasteiger partial charge in [0.2, 0.25) is 15.9 Å². The molecule has 1 aromatic rings. The molecule has 0 amide bonds. The van der Waals surface area contributed by atoms with E-state index in [-0.39, 0.29) is 4.90 Å². The second-order valence-corrected chi connectivity index (χ2v) is 4.07. The number of aromatic nitrogens is 1. The zero-order chi connectivity index (χ0) is 10.1. The van der Waals surface area contributed by atoms with Gasteiger partial charge in [0, 0.05) is 6.07 Å². The molecule has 6 heteroatoms. The first-order chi connectivity index (χ1) is 5.95. The third-order valence-corrected chi connectivity index (χ3v) is 2.59. The normalized spacial score (nSPS) is 11.3. The molecule has 0 aliphatic heterocycles. The van der Waals surface area contributed by atoms with Gasteiger partial charge in [0.25, 0.3) is 0 Å². The van der Waals surface area contributed by atoms with E-state index in [4.69, 9.17) is 9.88 Å². The van der Waals surface area contributed by atoms with Crippen molar-refractivity contribution in [1.29, 1.82) is 0 Å². The number of nitrogens with zero attached hydrogens (tertiary/aromatic N) is 1. The maximum Gasteiger partial charge on any atom is 0.239 e. The lowest BCUT2D eigenvalue weighted by Gasteiger charge is -2.04. The number of ether oxygens (including phenoxy) is 1. The van der Waals surface area contributed by atoms with Crippen LogP contribution in [0.3, 0.4) is 0 Å². The molecule has 5 nitrogen and oxygen atoms in total. The summed E-state index contributed by atoms with van der Waals surface area (Å²) in [5.41, 5.74) is 0.523. The Bertz CT molecular complexity index is 414. The number of hydrogen-bond donors (Lipinski definition) is 1. The van der Waals surface area contributed by atoms with Crippen LogP contribution in [0.15, 0.2) is 17.2 Å². The van der Waals surface area contributed by atoms with E-state index in [2.05, 4.69) is 4.98 Å². The minimum atomic E-state index is -3.68. The molecule has 0 unspecified atom stereocenters. The summed E-state index contributed by atoms with van der Waals surface area (Å²) in [6.07, 6.45) is 1.18. The first-order valence-corrected chi connectivity index (χ1v) is 5.03. The fourth-order valence-electron chi connectivity index (χ4n) is 0.927. The fraction of sp³-hybridized carbons (Fsp3) is 0.286. The van der Waals surface area contributed by atoms with Crippen LogP contribution in [0.25, 0.3) is 0 Å².